The molecular formula is C16H24ClN3O2. The highest BCUT2D eigenvalue weighted by molar-refractivity contribution is 6.04. The molecule has 1 aliphatic heterocycles. The van der Waals surface area contributed by atoms with E-state index in [9.17, 15) is 9.59 Å². The van der Waals surface area contributed by atoms with Gasteiger partial charge in [0, 0.05) is 25.6 Å². The third-order valence-electron chi connectivity index (χ3n) is 3.86. The fourth-order valence-electron chi connectivity index (χ4n) is 2.41. The Bertz CT molecular complexity index is 516. The van der Waals surface area contributed by atoms with Crippen molar-refractivity contribution in [1.29, 1.82) is 0 Å². The molecule has 1 atom stereocenters. The van der Waals surface area contributed by atoms with Crippen LogP contribution < -0.4 is 11.1 Å². The maximum absolute atomic E-state index is 12.6. The number of carbonyl (C=O) groups is 2. The van der Waals surface area contributed by atoms with Crippen molar-refractivity contribution in [2.75, 3.05) is 25.0 Å². The molecule has 0 saturated carbocycles. The van der Waals surface area contributed by atoms with Crippen molar-refractivity contribution in [2.24, 2.45) is 11.7 Å². The van der Waals surface area contributed by atoms with Gasteiger partial charge in [-0.15, -0.1) is 12.4 Å². The summed E-state index contributed by atoms with van der Waals surface area (Å²) in [5, 5.41) is 2.81. The largest absolute Gasteiger partial charge is 0.339 e. The van der Waals surface area contributed by atoms with Crippen LogP contribution in [-0.4, -0.2) is 36.3 Å². The molecule has 1 aromatic rings. The standard InChI is InChI=1S/C16H23N3O2.ClH/c1-12(11-17)15(20)18-14-8-4-3-7-13(14)16(21)19-9-5-2-6-10-19;/h3-4,7-8,12H,2,5-6,9-11,17H2,1H3,(H,18,20);1H. The Morgan fingerprint density at radius 2 is 1.86 bits per heavy atom. The molecule has 1 unspecified atom stereocenters. The normalized spacial score (nSPS) is 15.6. The van der Waals surface area contributed by atoms with Crippen LogP contribution in [0.15, 0.2) is 24.3 Å². The number of nitrogens with two attached hydrogens (primary N) is 1. The lowest BCUT2D eigenvalue weighted by atomic mass is 10.1. The summed E-state index contributed by atoms with van der Waals surface area (Å²) in [7, 11) is 0. The van der Waals surface area contributed by atoms with E-state index in [1.54, 1.807) is 19.1 Å². The Labute approximate surface area is 137 Å². The van der Waals surface area contributed by atoms with Gasteiger partial charge in [0.1, 0.15) is 0 Å². The number of nitrogens with one attached hydrogen (secondary N) is 1. The molecule has 2 amide bonds. The summed E-state index contributed by atoms with van der Waals surface area (Å²) in [6, 6.07) is 7.16. The van der Waals surface area contributed by atoms with Gasteiger partial charge in [-0.1, -0.05) is 19.1 Å². The van der Waals surface area contributed by atoms with E-state index >= 15 is 0 Å². The lowest BCUT2D eigenvalue weighted by Crippen LogP contribution is -2.36. The number of para-hydroxylation sites is 1. The Morgan fingerprint density at radius 3 is 2.50 bits per heavy atom. The van der Waals surface area contributed by atoms with Crippen molar-refractivity contribution >= 4 is 29.9 Å². The topological polar surface area (TPSA) is 75.4 Å². The lowest BCUT2D eigenvalue weighted by Gasteiger charge is -2.27. The van der Waals surface area contributed by atoms with Crippen LogP contribution in [0.5, 0.6) is 0 Å². The maximum Gasteiger partial charge on any atom is 0.255 e. The highest BCUT2D eigenvalue weighted by Crippen LogP contribution is 2.20. The molecular weight excluding hydrogens is 302 g/mol. The van der Waals surface area contributed by atoms with E-state index < -0.39 is 0 Å². The fourth-order valence-corrected chi connectivity index (χ4v) is 2.41. The number of nitrogens with zero attached hydrogens (tertiary/aromatic N) is 1. The molecule has 1 heterocycles. The molecule has 6 heteroatoms. The summed E-state index contributed by atoms with van der Waals surface area (Å²) < 4.78 is 0. The van der Waals surface area contributed by atoms with Crippen LogP contribution in [0.1, 0.15) is 36.5 Å². The van der Waals surface area contributed by atoms with E-state index in [1.165, 1.54) is 6.42 Å². The Kier molecular flexibility index (Phi) is 7.35. The molecule has 5 nitrogen and oxygen atoms in total. The molecule has 1 saturated heterocycles. The number of amides is 2. The first-order chi connectivity index (χ1) is 10.1. The van der Waals surface area contributed by atoms with E-state index in [2.05, 4.69) is 5.32 Å². The zero-order chi connectivity index (χ0) is 15.2. The number of hydrogen-bond donors (Lipinski definition) is 2. The third kappa shape index (κ3) is 4.45. The van der Waals surface area contributed by atoms with Crippen LogP contribution in [0.2, 0.25) is 0 Å². The van der Waals surface area contributed by atoms with E-state index in [0.717, 1.165) is 25.9 Å². The quantitative estimate of drug-likeness (QED) is 0.891. The zero-order valence-corrected chi connectivity index (χ0v) is 13.7. The first-order valence-electron chi connectivity index (χ1n) is 7.52. The van der Waals surface area contributed by atoms with Gasteiger partial charge in [0.15, 0.2) is 0 Å². The lowest BCUT2D eigenvalue weighted by molar-refractivity contribution is -0.119. The molecule has 0 aromatic heterocycles. The zero-order valence-electron chi connectivity index (χ0n) is 12.9. The molecule has 0 aliphatic carbocycles. The van der Waals surface area contributed by atoms with Gasteiger partial charge in [0.05, 0.1) is 11.3 Å². The van der Waals surface area contributed by atoms with Gasteiger partial charge in [-0.05, 0) is 31.4 Å². The summed E-state index contributed by atoms with van der Waals surface area (Å²) in [5.74, 6) is -0.439. The van der Waals surface area contributed by atoms with Crippen LogP contribution in [0.25, 0.3) is 0 Å². The van der Waals surface area contributed by atoms with E-state index in [4.69, 9.17) is 5.73 Å². The number of anilines is 1. The molecule has 0 bridgehead atoms. The van der Waals surface area contributed by atoms with Gasteiger partial charge in [-0.3, -0.25) is 9.59 Å². The highest BCUT2D eigenvalue weighted by Gasteiger charge is 2.21. The Hall–Kier alpha value is -1.59. The third-order valence-corrected chi connectivity index (χ3v) is 3.86. The van der Waals surface area contributed by atoms with Crippen LogP contribution in [-0.2, 0) is 4.79 Å². The first-order valence-corrected chi connectivity index (χ1v) is 7.52. The number of halogens is 1. The molecule has 0 radical (unpaired) electrons. The van der Waals surface area contributed by atoms with Crippen LogP contribution in [0.3, 0.4) is 0 Å². The number of likely N-dealkylation sites (tertiary alicyclic amines) is 1. The summed E-state index contributed by atoms with van der Waals surface area (Å²) in [6.45, 7) is 3.64. The van der Waals surface area contributed by atoms with E-state index in [0.29, 0.717) is 11.3 Å². The average Bonchev–Trinajstić information content (AvgIpc) is 2.54. The minimum absolute atomic E-state index is 0. The second-order valence-corrected chi connectivity index (χ2v) is 5.52. The summed E-state index contributed by atoms with van der Waals surface area (Å²) in [4.78, 5) is 26.4. The summed E-state index contributed by atoms with van der Waals surface area (Å²) in [6.07, 6.45) is 3.27. The van der Waals surface area contributed by atoms with Gasteiger partial charge in [-0.25, -0.2) is 0 Å². The first kappa shape index (κ1) is 18.5. The van der Waals surface area contributed by atoms with Crippen LogP contribution in [0, 0.1) is 5.92 Å². The van der Waals surface area contributed by atoms with Gasteiger partial charge in [-0.2, -0.15) is 0 Å². The van der Waals surface area contributed by atoms with Crippen molar-refractivity contribution in [1.82, 2.24) is 4.90 Å². The molecule has 122 valence electrons. The average molecular weight is 326 g/mol. The molecule has 1 fully saturated rings. The maximum atomic E-state index is 12.6. The number of piperidine rings is 1. The minimum atomic E-state index is -0.275. The highest BCUT2D eigenvalue weighted by atomic mass is 35.5. The van der Waals surface area contributed by atoms with Crippen molar-refractivity contribution in [3.8, 4) is 0 Å². The summed E-state index contributed by atoms with van der Waals surface area (Å²) >= 11 is 0. The van der Waals surface area contributed by atoms with Gasteiger partial charge >= 0.3 is 0 Å². The van der Waals surface area contributed by atoms with Crippen molar-refractivity contribution in [3.63, 3.8) is 0 Å². The van der Waals surface area contributed by atoms with Crippen LogP contribution >= 0.6 is 12.4 Å². The van der Waals surface area contributed by atoms with Crippen molar-refractivity contribution in [3.05, 3.63) is 29.8 Å². The Balaban J connectivity index is 0.00000242. The molecule has 0 spiro atoms. The molecule has 2 rings (SSSR count). The van der Waals surface area contributed by atoms with Crippen molar-refractivity contribution < 1.29 is 9.59 Å². The second-order valence-electron chi connectivity index (χ2n) is 5.52. The number of benzene rings is 1. The van der Waals surface area contributed by atoms with Crippen LogP contribution in [0.4, 0.5) is 5.69 Å². The van der Waals surface area contributed by atoms with Gasteiger partial charge in [0.25, 0.3) is 5.91 Å². The van der Waals surface area contributed by atoms with Crippen molar-refractivity contribution in [2.45, 2.75) is 26.2 Å². The molecule has 3 N–H and O–H groups in total. The predicted octanol–water partition coefficient (Wildman–Crippen LogP) is 2.27. The number of hydrogen-bond acceptors (Lipinski definition) is 3. The smallest absolute Gasteiger partial charge is 0.255 e. The van der Waals surface area contributed by atoms with Gasteiger partial charge in [0.2, 0.25) is 5.91 Å². The summed E-state index contributed by atoms with van der Waals surface area (Å²) in [5.41, 5.74) is 6.63. The predicted molar refractivity (Wildman–Crippen MR) is 90.3 cm³/mol. The molecule has 22 heavy (non-hydrogen) atoms. The second kappa shape index (κ2) is 8.76. The molecule has 1 aliphatic rings. The van der Waals surface area contributed by atoms with Gasteiger partial charge < -0.3 is 16.0 Å². The van der Waals surface area contributed by atoms with E-state index in [-0.39, 0.29) is 36.7 Å². The fraction of sp³-hybridized carbons (Fsp3) is 0.500. The number of carbonyl (C=O) groups excluding carboxylic acids is 2. The Morgan fingerprint density at radius 1 is 1.23 bits per heavy atom. The monoisotopic (exact) mass is 325 g/mol. The number of rotatable bonds is 4. The van der Waals surface area contributed by atoms with E-state index in [1.807, 2.05) is 17.0 Å². The SMILES string of the molecule is CC(CN)C(=O)Nc1ccccc1C(=O)N1CCCCC1.Cl. The minimum Gasteiger partial charge on any atom is -0.339 e. The molecule has 1 aromatic carbocycles.